The quantitative estimate of drug-likeness (QED) is 0.706. The molecule has 0 spiro atoms. The Labute approximate surface area is 149 Å². The molecule has 3 rings (SSSR count). The van der Waals surface area contributed by atoms with E-state index in [4.69, 9.17) is 5.73 Å². The molecule has 1 nitrogen and oxygen atoms in total. The number of hydrogen-bond acceptors (Lipinski definition) is 1. The molecule has 0 amide bonds. The van der Waals surface area contributed by atoms with Crippen molar-refractivity contribution in [2.24, 2.45) is 17.1 Å². The summed E-state index contributed by atoms with van der Waals surface area (Å²) in [6.07, 6.45) is 12.2. The predicted octanol–water partition coefficient (Wildman–Crippen LogP) is 6.17. The molecular formula is C23H37N. The van der Waals surface area contributed by atoms with Crippen molar-refractivity contribution in [3.63, 3.8) is 0 Å². The van der Waals surface area contributed by atoms with Gasteiger partial charge in [0, 0.05) is 12.0 Å². The van der Waals surface area contributed by atoms with Gasteiger partial charge >= 0.3 is 0 Å². The minimum atomic E-state index is 0.260. The summed E-state index contributed by atoms with van der Waals surface area (Å²) < 4.78 is 0. The second-order valence-electron chi connectivity index (χ2n) is 9.55. The van der Waals surface area contributed by atoms with Crippen molar-refractivity contribution in [1.82, 2.24) is 0 Å². The fourth-order valence-corrected chi connectivity index (χ4v) is 5.42. The molecule has 0 saturated heterocycles. The van der Waals surface area contributed by atoms with E-state index in [2.05, 4.69) is 45.0 Å². The average molecular weight is 328 g/mol. The summed E-state index contributed by atoms with van der Waals surface area (Å²) in [6.45, 7) is 8.06. The molecule has 24 heavy (non-hydrogen) atoms. The maximum atomic E-state index is 6.35. The van der Waals surface area contributed by atoms with Crippen molar-refractivity contribution in [2.45, 2.75) is 89.9 Å². The summed E-state index contributed by atoms with van der Waals surface area (Å²) in [6, 6.07) is 9.32. The maximum absolute atomic E-state index is 6.35. The summed E-state index contributed by atoms with van der Waals surface area (Å²) >= 11 is 0. The Kier molecular flexibility index (Phi) is 5.39. The summed E-state index contributed by atoms with van der Waals surface area (Å²) in [4.78, 5) is 0. The first-order valence-corrected chi connectivity index (χ1v) is 10.3. The molecule has 1 heteroatoms. The molecule has 2 saturated carbocycles. The highest BCUT2D eigenvalue weighted by Crippen LogP contribution is 2.47. The van der Waals surface area contributed by atoms with Gasteiger partial charge in [0.25, 0.3) is 0 Å². The third kappa shape index (κ3) is 3.57. The van der Waals surface area contributed by atoms with Gasteiger partial charge in [-0.15, -0.1) is 0 Å². The second-order valence-corrected chi connectivity index (χ2v) is 9.55. The Hall–Kier alpha value is -0.820. The molecule has 1 aromatic rings. The van der Waals surface area contributed by atoms with Crippen molar-refractivity contribution in [3.05, 3.63) is 35.4 Å². The summed E-state index contributed by atoms with van der Waals surface area (Å²) in [5, 5.41) is 0. The first-order chi connectivity index (χ1) is 11.5. The van der Waals surface area contributed by atoms with Crippen molar-refractivity contribution in [3.8, 4) is 0 Å². The predicted molar refractivity (Wildman–Crippen MR) is 104 cm³/mol. The van der Waals surface area contributed by atoms with Gasteiger partial charge in [0.05, 0.1) is 0 Å². The molecule has 0 heterocycles. The van der Waals surface area contributed by atoms with E-state index in [1.807, 2.05) is 0 Å². The molecule has 2 N–H and O–H groups in total. The largest absolute Gasteiger partial charge is 0.330 e. The van der Waals surface area contributed by atoms with Crippen LogP contribution in [0.15, 0.2) is 24.3 Å². The minimum absolute atomic E-state index is 0.260. The van der Waals surface area contributed by atoms with Crippen LogP contribution in [0.25, 0.3) is 0 Å². The van der Waals surface area contributed by atoms with Crippen LogP contribution in [0, 0.1) is 11.3 Å². The van der Waals surface area contributed by atoms with Gasteiger partial charge in [0.1, 0.15) is 0 Å². The number of nitrogens with two attached hydrogens (primary N) is 1. The monoisotopic (exact) mass is 327 g/mol. The lowest BCUT2D eigenvalue weighted by Crippen LogP contribution is -2.38. The van der Waals surface area contributed by atoms with Gasteiger partial charge in [-0.3, -0.25) is 0 Å². The van der Waals surface area contributed by atoms with Crippen molar-refractivity contribution < 1.29 is 0 Å². The van der Waals surface area contributed by atoms with Gasteiger partial charge in [-0.25, -0.2) is 0 Å². The number of benzene rings is 1. The van der Waals surface area contributed by atoms with Crippen LogP contribution in [0.1, 0.15) is 95.6 Å². The number of hydrogen-bond donors (Lipinski definition) is 1. The fourth-order valence-electron chi connectivity index (χ4n) is 5.42. The third-order valence-electron chi connectivity index (χ3n) is 7.13. The van der Waals surface area contributed by atoms with Crippen LogP contribution in [0.4, 0.5) is 0 Å². The van der Waals surface area contributed by atoms with E-state index in [-0.39, 0.29) is 5.41 Å². The molecule has 2 aliphatic carbocycles. The van der Waals surface area contributed by atoms with E-state index < -0.39 is 0 Å². The highest BCUT2D eigenvalue weighted by atomic mass is 14.6. The van der Waals surface area contributed by atoms with Gasteiger partial charge in [0.2, 0.25) is 0 Å². The molecule has 0 unspecified atom stereocenters. The second kappa shape index (κ2) is 7.20. The van der Waals surface area contributed by atoms with Crippen LogP contribution in [-0.4, -0.2) is 6.54 Å². The van der Waals surface area contributed by atoms with Crippen molar-refractivity contribution >= 4 is 0 Å². The van der Waals surface area contributed by atoms with E-state index in [0.29, 0.717) is 5.41 Å². The van der Waals surface area contributed by atoms with Crippen LogP contribution < -0.4 is 5.73 Å². The maximum Gasteiger partial charge on any atom is 0.00783 e. The lowest BCUT2D eigenvalue weighted by Gasteiger charge is -2.41. The Morgan fingerprint density at radius 1 is 0.958 bits per heavy atom. The standard InChI is InChI=1S/C23H37N/c1-22(2,3)19-13-11-18(12-14-19)20-9-5-6-10-21(20)23(17-24)15-7-4-8-16-23/h5-6,9-10,18-19H,4,7-8,11-17,24H2,1-3H3. The van der Waals surface area contributed by atoms with Gasteiger partial charge in [-0.05, 0) is 66.9 Å². The summed E-state index contributed by atoms with van der Waals surface area (Å²) in [7, 11) is 0. The Morgan fingerprint density at radius 3 is 2.17 bits per heavy atom. The Morgan fingerprint density at radius 2 is 1.58 bits per heavy atom. The van der Waals surface area contributed by atoms with Gasteiger partial charge < -0.3 is 5.73 Å². The molecule has 2 aliphatic rings. The fraction of sp³-hybridized carbons (Fsp3) is 0.739. The van der Waals surface area contributed by atoms with Gasteiger partial charge in [0.15, 0.2) is 0 Å². The van der Waals surface area contributed by atoms with Crippen molar-refractivity contribution in [2.75, 3.05) is 6.54 Å². The van der Waals surface area contributed by atoms with Crippen LogP contribution in [0.5, 0.6) is 0 Å². The van der Waals surface area contributed by atoms with E-state index in [1.165, 1.54) is 57.8 Å². The molecule has 0 radical (unpaired) electrons. The zero-order valence-corrected chi connectivity index (χ0v) is 16.1. The van der Waals surface area contributed by atoms with Crippen molar-refractivity contribution in [1.29, 1.82) is 0 Å². The smallest absolute Gasteiger partial charge is 0.00783 e. The molecule has 0 bridgehead atoms. The lowest BCUT2D eigenvalue weighted by atomic mass is 9.64. The summed E-state index contributed by atoms with van der Waals surface area (Å²) in [5.74, 6) is 1.64. The Balaban J connectivity index is 1.83. The lowest BCUT2D eigenvalue weighted by molar-refractivity contribution is 0.168. The topological polar surface area (TPSA) is 26.0 Å². The van der Waals surface area contributed by atoms with E-state index in [9.17, 15) is 0 Å². The van der Waals surface area contributed by atoms with Crippen LogP contribution in [0.3, 0.4) is 0 Å². The zero-order valence-electron chi connectivity index (χ0n) is 16.1. The first-order valence-electron chi connectivity index (χ1n) is 10.3. The van der Waals surface area contributed by atoms with Gasteiger partial charge in [-0.1, -0.05) is 64.3 Å². The van der Waals surface area contributed by atoms with E-state index >= 15 is 0 Å². The molecule has 1 aromatic carbocycles. The third-order valence-corrected chi connectivity index (χ3v) is 7.13. The molecular weight excluding hydrogens is 290 g/mol. The van der Waals surface area contributed by atoms with Gasteiger partial charge in [-0.2, -0.15) is 0 Å². The molecule has 0 aliphatic heterocycles. The molecule has 134 valence electrons. The van der Waals surface area contributed by atoms with Crippen LogP contribution >= 0.6 is 0 Å². The summed E-state index contributed by atoms with van der Waals surface area (Å²) in [5.41, 5.74) is 10.3. The number of rotatable bonds is 3. The molecule has 0 atom stereocenters. The average Bonchev–Trinajstić information content (AvgIpc) is 2.62. The molecule has 2 fully saturated rings. The normalized spacial score (nSPS) is 27.8. The first kappa shape index (κ1) is 18.0. The SMILES string of the molecule is CC(C)(C)C1CCC(c2ccccc2C2(CN)CCCCC2)CC1. The highest BCUT2D eigenvalue weighted by molar-refractivity contribution is 5.38. The zero-order chi connectivity index (χ0) is 17.2. The minimum Gasteiger partial charge on any atom is -0.330 e. The van der Waals surface area contributed by atoms with E-state index in [1.54, 1.807) is 11.1 Å². The molecule has 0 aromatic heterocycles. The highest BCUT2D eigenvalue weighted by Gasteiger charge is 2.37. The Bertz CT molecular complexity index is 525. The van der Waals surface area contributed by atoms with Crippen LogP contribution in [-0.2, 0) is 5.41 Å². The van der Waals surface area contributed by atoms with E-state index in [0.717, 1.165) is 18.4 Å². The van der Waals surface area contributed by atoms with Crippen LogP contribution in [0.2, 0.25) is 0 Å².